The van der Waals surface area contributed by atoms with E-state index >= 15 is 0 Å². The number of rotatable bonds is 5. The minimum atomic E-state index is -0.617. The van der Waals surface area contributed by atoms with Crippen LogP contribution in [0.4, 0.5) is 5.69 Å². The predicted octanol–water partition coefficient (Wildman–Crippen LogP) is 5.18. The maximum absolute atomic E-state index is 12.6. The monoisotopic (exact) mass is 363 g/mol. The summed E-state index contributed by atoms with van der Waals surface area (Å²) in [6.45, 7) is 7.80. The maximum atomic E-state index is 12.6. The first-order valence-corrected chi connectivity index (χ1v) is 9.00. The molecule has 0 unspecified atom stereocenters. The summed E-state index contributed by atoms with van der Waals surface area (Å²) >= 11 is 0. The molecule has 0 radical (unpaired) electrons. The van der Waals surface area contributed by atoms with Crippen LogP contribution in [0.3, 0.4) is 0 Å². The van der Waals surface area contributed by atoms with Crippen molar-refractivity contribution in [2.45, 2.75) is 33.8 Å². The Kier molecular flexibility index (Phi) is 5.36. The first kappa shape index (κ1) is 18.8. The van der Waals surface area contributed by atoms with E-state index in [9.17, 15) is 4.79 Å². The maximum Gasteiger partial charge on any atom is 0.265 e. The average Bonchev–Trinajstić information content (AvgIpc) is 2.63. The highest BCUT2D eigenvalue weighted by Crippen LogP contribution is 2.26. The number of carbonyl (C=O) groups excluding carboxylic acids is 1. The van der Waals surface area contributed by atoms with Crippen LogP contribution in [-0.4, -0.2) is 19.1 Å². The lowest BCUT2D eigenvalue weighted by Gasteiger charge is -2.18. The summed E-state index contributed by atoms with van der Waals surface area (Å²) in [7, 11) is 1.64. The summed E-state index contributed by atoms with van der Waals surface area (Å²) in [5, 5.41) is 5.09. The van der Waals surface area contributed by atoms with E-state index in [4.69, 9.17) is 9.47 Å². The van der Waals surface area contributed by atoms with E-state index in [0.717, 1.165) is 33.3 Å². The van der Waals surface area contributed by atoms with Crippen LogP contribution in [0.5, 0.6) is 11.5 Å². The second kappa shape index (κ2) is 7.70. The van der Waals surface area contributed by atoms with Crippen LogP contribution in [0.2, 0.25) is 0 Å². The molecule has 27 heavy (non-hydrogen) atoms. The number of anilines is 1. The average molecular weight is 363 g/mol. The van der Waals surface area contributed by atoms with Gasteiger partial charge in [0.2, 0.25) is 0 Å². The molecule has 140 valence electrons. The van der Waals surface area contributed by atoms with Crippen LogP contribution in [0.1, 0.15) is 23.6 Å². The Hall–Kier alpha value is -3.01. The fraction of sp³-hybridized carbons (Fsp3) is 0.261. The van der Waals surface area contributed by atoms with Crippen LogP contribution in [0.15, 0.2) is 48.5 Å². The summed E-state index contributed by atoms with van der Waals surface area (Å²) in [4.78, 5) is 12.6. The molecule has 0 fully saturated rings. The highest BCUT2D eigenvalue weighted by Gasteiger charge is 2.17. The summed E-state index contributed by atoms with van der Waals surface area (Å²) in [5.41, 5.74) is 4.12. The second-order valence-electron chi connectivity index (χ2n) is 6.90. The van der Waals surface area contributed by atoms with Crippen molar-refractivity contribution in [2.24, 2.45) is 0 Å². The molecule has 4 heteroatoms. The molecule has 1 N–H and O–H groups in total. The zero-order valence-corrected chi connectivity index (χ0v) is 16.4. The third kappa shape index (κ3) is 4.22. The van der Waals surface area contributed by atoms with E-state index in [1.165, 1.54) is 5.56 Å². The lowest BCUT2D eigenvalue weighted by molar-refractivity contribution is -0.122. The minimum Gasteiger partial charge on any atom is -0.497 e. The first-order valence-electron chi connectivity index (χ1n) is 9.00. The van der Waals surface area contributed by atoms with Crippen LogP contribution < -0.4 is 14.8 Å². The summed E-state index contributed by atoms with van der Waals surface area (Å²) < 4.78 is 11.2. The molecule has 0 heterocycles. The van der Waals surface area contributed by atoms with E-state index in [1.807, 2.05) is 57.2 Å². The molecular formula is C23H25NO3. The Morgan fingerprint density at radius 1 is 0.889 bits per heavy atom. The van der Waals surface area contributed by atoms with Gasteiger partial charge in [-0.05, 0) is 73.9 Å². The Morgan fingerprint density at radius 3 is 2.11 bits per heavy atom. The molecular weight excluding hydrogens is 338 g/mol. The van der Waals surface area contributed by atoms with Gasteiger partial charge in [-0.3, -0.25) is 4.79 Å². The number of fused-ring (bicyclic) bond motifs is 1. The number of carbonyl (C=O) groups is 1. The van der Waals surface area contributed by atoms with E-state index < -0.39 is 6.10 Å². The standard InChI is InChI=1S/C23H25NO3/c1-14-10-15(2)22(16(3)11-14)24-23(25)17(4)27-21-9-7-18-6-8-20(26-5)12-19(18)13-21/h6-13,17H,1-5H3,(H,24,25)/t17-/m0/s1. The Labute approximate surface area is 160 Å². The number of methoxy groups -OCH3 is 1. The smallest absolute Gasteiger partial charge is 0.265 e. The highest BCUT2D eigenvalue weighted by molar-refractivity contribution is 5.95. The number of aryl methyl sites for hydroxylation is 3. The van der Waals surface area contributed by atoms with Crippen molar-refractivity contribution >= 4 is 22.4 Å². The zero-order chi connectivity index (χ0) is 19.6. The summed E-state index contributed by atoms with van der Waals surface area (Å²) in [5.74, 6) is 1.27. The molecule has 3 aromatic rings. The quantitative estimate of drug-likeness (QED) is 0.679. The van der Waals surface area contributed by atoms with Gasteiger partial charge in [-0.1, -0.05) is 29.8 Å². The third-order valence-electron chi connectivity index (χ3n) is 4.63. The number of nitrogens with one attached hydrogen (secondary N) is 1. The molecule has 0 spiro atoms. The Morgan fingerprint density at radius 2 is 1.48 bits per heavy atom. The van der Waals surface area contributed by atoms with Crippen molar-refractivity contribution in [2.75, 3.05) is 12.4 Å². The van der Waals surface area contributed by atoms with Gasteiger partial charge in [0.05, 0.1) is 7.11 Å². The van der Waals surface area contributed by atoms with Gasteiger partial charge in [-0.2, -0.15) is 0 Å². The van der Waals surface area contributed by atoms with Gasteiger partial charge in [0, 0.05) is 5.69 Å². The fourth-order valence-corrected chi connectivity index (χ4v) is 3.26. The van der Waals surface area contributed by atoms with Crippen LogP contribution in [0, 0.1) is 20.8 Å². The highest BCUT2D eigenvalue weighted by atomic mass is 16.5. The van der Waals surface area contributed by atoms with Crippen molar-refractivity contribution in [1.29, 1.82) is 0 Å². The zero-order valence-electron chi connectivity index (χ0n) is 16.4. The van der Waals surface area contributed by atoms with Gasteiger partial charge in [-0.25, -0.2) is 0 Å². The van der Waals surface area contributed by atoms with Gasteiger partial charge in [0.1, 0.15) is 11.5 Å². The molecule has 0 aromatic heterocycles. The van der Waals surface area contributed by atoms with Crippen molar-refractivity contribution in [3.8, 4) is 11.5 Å². The van der Waals surface area contributed by atoms with Gasteiger partial charge in [0.15, 0.2) is 6.10 Å². The van der Waals surface area contributed by atoms with Crippen molar-refractivity contribution in [1.82, 2.24) is 0 Å². The molecule has 1 atom stereocenters. The van der Waals surface area contributed by atoms with E-state index in [-0.39, 0.29) is 5.91 Å². The molecule has 0 aliphatic carbocycles. The molecule has 1 amide bonds. The minimum absolute atomic E-state index is 0.171. The first-order chi connectivity index (χ1) is 12.9. The van der Waals surface area contributed by atoms with E-state index in [0.29, 0.717) is 5.75 Å². The molecule has 4 nitrogen and oxygen atoms in total. The summed E-state index contributed by atoms with van der Waals surface area (Å²) in [6.07, 6.45) is -0.617. The lowest BCUT2D eigenvalue weighted by atomic mass is 10.0. The number of ether oxygens (including phenoxy) is 2. The molecule has 0 bridgehead atoms. The SMILES string of the molecule is COc1ccc2ccc(O[C@@H](C)C(=O)Nc3c(C)cc(C)cc3C)cc2c1. The molecule has 0 aliphatic heterocycles. The van der Waals surface area contributed by atoms with Crippen LogP contribution in [-0.2, 0) is 4.79 Å². The predicted molar refractivity (Wildman–Crippen MR) is 110 cm³/mol. The second-order valence-corrected chi connectivity index (χ2v) is 6.90. The Bertz CT molecular complexity index is 971. The van der Waals surface area contributed by atoms with E-state index in [2.05, 4.69) is 17.4 Å². The number of amides is 1. The van der Waals surface area contributed by atoms with Crippen molar-refractivity contribution in [3.05, 3.63) is 65.2 Å². The third-order valence-corrected chi connectivity index (χ3v) is 4.63. The number of hydrogen-bond acceptors (Lipinski definition) is 3. The van der Waals surface area contributed by atoms with Gasteiger partial charge in [0.25, 0.3) is 5.91 Å². The lowest BCUT2D eigenvalue weighted by Crippen LogP contribution is -2.30. The van der Waals surface area contributed by atoms with Crippen LogP contribution >= 0.6 is 0 Å². The Balaban J connectivity index is 1.75. The molecule has 0 saturated carbocycles. The van der Waals surface area contributed by atoms with Crippen molar-refractivity contribution < 1.29 is 14.3 Å². The largest absolute Gasteiger partial charge is 0.497 e. The van der Waals surface area contributed by atoms with Gasteiger partial charge >= 0.3 is 0 Å². The number of benzene rings is 3. The normalized spacial score (nSPS) is 11.9. The van der Waals surface area contributed by atoms with Gasteiger partial charge in [-0.15, -0.1) is 0 Å². The fourth-order valence-electron chi connectivity index (χ4n) is 3.26. The number of hydrogen-bond donors (Lipinski definition) is 1. The molecule has 3 rings (SSSR count). The topological polar surface area (TPSA) is 47.6 Å². The molecule has 0 aliphatic rings. The molecule has 3 aromatic carbocycles. The summed E-state index contributed by atoms with van der Waals surface area (Å²) in [6, 6.07) is 15.8. The van der Waals surface area contributed by atoms with Gasteiger partial charge < -0.3 is 14.8 Å². The van der Waals surface area contributed by atoms with Crippen molar-refractivity contribution in [3.63, 3.8) is 0 Å². The van der Waals surface area contributed by atoms with E-state index in [1.54, 1.807) is 14.0 Å². The molecule has 0 saturated heterocycles. The van der Waals surface area contributed by atoms with Crippen LogP contribution in [0.25, 0.3) is 10.8 Å².